The van der Waals surface area contributed by atoms with E-state index in [4.69, 9.17) is 14.6 Å². The van der Waals surface area contributed by atoms with Gasteiger partial charge in [0.2, 0.25) is 15.9 Å². The van der Waals surface area contributed by atoms with Crippen LogP contribution in [0, 0.1) is 0 Å². The van der Waals surface area contributed by atoms with Gasteiger partial charge in [-0.3, -0.25) is 0 Å². The van der Waals surface area contributed by atoms with E-state index in [-0.39, 0.29) is 17.1 Å². The summed E-state index contributed by atoms with van der Waals surface area (Å²) in [7, 11) is -3.72. The van der Waals surface area contributed by atoms with Crippen LogP contribution < -0.4 is 15.2 Å². The Morgan fingerprint density at radius 2 is 2.32 bits per heavy atom. The lowest BCUT2D eigenvalue weighted by atomic mass is 10.2. The van der Waals surface area contributed by atoms with Gasteiger partial charge in [0.05, 0.1) is 12.3 Å². The van der Waals surface area contributed by atoms with E-state index in [9.17, 15) is 8.42 Å². The Morgan fingerprint density at radius 3 is 2.89 bits per heavy atom. The van der Waals surface area contributed by atoms with Crippen LogP contribution in [0.3, 0.4) is 0 Å². The number of hydrogen-bond acceptors (Lipinski definition) is 6. The second-order valence-corrected chi connectivity index (χ2v) is 5.98. The third-order valence-electron chi connectivity index (χ3n) is 2.68. The lowest BCUT2D eigenvalue weighted by Gasteiger charge is -2.28. The van der Waals surface area contributed by atoms with Gasteiger partial charge in [-0.05, 0) is 13.0 Å². The monoisotopic (exact) mass is 287 g/mol. The highest BCUT2D eigenvalue weighted by molar-refractivity contribution is 7.89. The summed E-state index contributed by atoms with van der Waals surface area (Å²) in [6.07, 6.45) is 1.29. The number of sulfonamides is 1. The van der Waals surface area contributed by atoms with Crippen molar-refractivity contribution in [3.05, 3.63) is 18.3 Å². The van der Waals surface area contributed by atoms with Crippen LogP contribution in [-0.4, -0.2) is 45.3 Å². The van der Waals surface area contributed by atoms with Crippen molar-refractivity contribution < 1.29 is 17.9 Å². The first-order valence-corrected chi connectivity index (χ1v) is 7.47. The third-order valence-corrected chi connectivity index (χ3v) is 3.58. The summed E-state index contributed by atoms with van der Waals surface area (Å²) < 4.78 is 33.2. The van der Waals surface area contributed by atoms with Crippen molar-refractivity contribution in [3.8, 4) is 5.88 Å². The number of primary sulfonamides is 1. The molecule has 1 aliphatic rings. The first kappa shape index (κ1) is 14.2. The Morgan fingerprint density at radius 1 is 1.53 bits per heavy atom. The molecule has 0 spiro atoms. The fraction of sp³-hybridized carbons (Fsp3) is 0.545. The number of nitrogens with one attached hydrogen (secondary N) is 1. The molecular weight excluding hydrogens is 270 g/mol. The van der Waals surface area contributed by atoms with Crippen LogP contribution in [0.15, 0.2) is 23.2 Å². The molecule has 0 amide bonds. The van der Waals surface area contributed by atoms with Crippen molar-refractivity contribution in [2.75, 3.05) is 19.7 Å². The molecule has 7 nitrogen and oxygen atoms in total. The van der Waals surface area contributed by atoms with Crippen LogP contribution in [0.4, 0.5) is 0 Å². The second kappa shape index (κ2) is 5.83. The third kappa shape index (κ3) is 4.13. The van der Waals surface area contributed by atoms with E-state index in [2.05, 4.69) is 10.3 Å². The minimum atomic E-state index is -3.72. The summed E-state index contributed by atoms with van der Waals surface area (Å²) in [6.45, 7) is 3.90. The van der Waals surface area contributed by atoms with Crippen LogP contribution >= 0.6 is 0 Å². The van der Waals surface area contributed by atoms with Crippen LogP contribution in [0.25, 0.3) is 0 Å². The maximum atomic E-state index is 11.1. The van der Waals surface area contributed by atoms with E-state index in [1.165, 1.54) is 18.3 Å². The zero-order valence-corrected chi connectivity index (χ0v) is 11.4. The quantitative estimate of drug-likeness (QED) is 0.772. The number of pyridine rings is 1. The fourth-order valence-electron chi connectivity index (χ4n) is 1.77. The summed E-state index contributed by atoms with van der Waals surface area (Å²) in [5.74, 6) is 0.342. The minimum Gasteiger partial charge on any atom is -0.475 e. The van der Waals surface area contributed by atoms with E-state index in [1.807, 2.05) is 6.92 Å². The van der Waals surface area contributed by atoms with Gasteiger partial charge in [0, 0.05) is 19.2 Å². The number of ether oxygens (including phenoxy) is 2. The Kier molecular flexibility index (Phi) is 4.35. The number of nitrogens with zero attached hydrogens (tertiary/aromatic N) is 1. The standard InChI is InChI=1S/C11H17N3O4S/c1-8-4-13-5-9(18-8)7-17-11-3-2-10(6-14-11)19(12,15)16/h2-3,6,8-9,13H,4-5,7H2,1H3,(H2,12,15,16). The molecule has 1 aromatic heterocycles. The zero-order chi connectivity index (χ0) is 13.9. The molecule has 2 atom stereocenters. The molecule has 0 aliphatic carbocycles. The molecule has 0 aromatic carbocycles. The summed E-state index contributed by atoms with van der Waals surface area (Å²) in [6, 6.07) is 2.83. The predicted octanol–water partition coefficient (Wildman–Crippen LogP) is -0.515. The molecule has 2 heterocycles. The molecule has 1 saturated heterocycles. The molecule has 106 valence electrons. The van der Waals surface area contributed by atoms with Crippen molar-refractivity contribution in [1.29, 1.82) is 0 Å². The maximum absolute atomic E-state index is 11.1. The van der Waals surface area contributed by atoms with Gasteiger partial charge in [0.25, 0.3) is 0 Å². The van der Waals surface area contributed by atoms with Crippen LogP contribution in [0.2, 0.25) is 0 Å². The first-order chi connectivity index (χ1) is 8.95. The number of nitrogens with two attached hydrogens (primary N) is 1. The second-order valence-electron chi connectivity index (χ2n) is 4.42. The highest BCUT2D eigenvalue weighted by Gasteiger charge is 2.19. The number of morpholine rings is 1. The van der Waals surface area contributed by atoms with E-state index in [0.717, 1.165) is 13.1 Å². The predicted molar refractivity (Wildman–Crippen MR) is 68.3 cm³/mol. The van der Waals surface area contributed by atoms with E-state index in [1.54, 1.807) is 0 Å². The zero-order valence-electron chi connectivity index (χ0n) is 10.6. The topological polar surface area (TPSA) is 104 Å². The van der Waals surface area contributed by atoms with Gasteiger partial charge in [-0.2, -0.15) is 0 Å². The Labute approximate surface area is 112 Å². The van der Waals surface area contributed by atoms with Gasteiger partial charge in [-0.25, -0.2) is 18.5 Å². The molecule has 19 heavy (non-hydrogen) atoms. The van der Waals surface area contributed by atoms with Crippen molar-refractivity contribution in [3.63, 3.8) is 0 Å². The smallest absolute Gasteiger partial charge is 0.239 e. The van der Waals surface area contributed by atoms with Gasteiger partial charge in [-0.1, -0.05) is 0 Å². The fourth-order valence-corrected chi connectivity index (χ4v) is 2.23. The molecular formula is C11H17N3O4S. The molecule has 8 heteroatoms. The van der Waals surface area contributed by atoms with Gasteiger partial charge in [0.1, 0.15) is 17.6 Å². The Balaban J connectivity index is 1.89. The van der Waals surface area contributed by atoms with Crippen molar-refractivity contribution >= 4 is 10.0 Å². The van der Waals surface area contributed by atoms with Gasteiger partial charge < -0.3 is 14.8 Å². The van der Waals surface area contributed by atoms with Crippen LogP contribution in [0.5, 0.6) is 5.88 Å². The number of aromatic nitrogens is 1. The van der Waals surface area contributed by atoms with Gasteiger partial charge in [0.15, 0.2) is 0 Å². The van der Waals surface area contributed by atoms with Crippen molar-refractivity contribution in [2.24, 2.45) is 5.14 Å². The normalized spacial score (nSPS) is 24.1. The molecule has 3 N–H and O–H groups in total. The molecule has 0 saturated carbocycles. The molecule has 2 rings (SSSR count). The Hall–Kier alpha value is -1.22. The van der Waals surface area contributed by atoms with E-state index < -0.39 is 10.0 Å². The number of hydrogen-bond donors (Lipinski definition) is 2. The lowest BCUT2D eigenvalue weighted by Crippen LogP contribution is -2.45. The van der Waals surface area contributed by atoms with E-state index >= 15 is 0 Å². The molecule has 0 radical (unpaired) electrons. The van der Waals surface area contributed by atoms with Crippen LogP contribution in [-0.2, 0) is 14.8 Å². The van der Waals surface area contributed by atoms with Crippen molar-refractivity contribution in [2.45, 2.75) is 24.0 Å². The highest BCUT2D eigenvalue weighted by atomic mass is 32.2. The highest BCUT2D eigenvalue weighted by Crippen LogP contribution is 2.12. The summed E-state index contributed by atoms with van der Waals surface area (Å²) >= 11 is 0. The summed E-state index contributed by atoms with van der Waals surface area (Å²) in [5.41, 5.74) is 0. The molecule has 1 aromatic rings. The lowest BCUT2D eigenvalue weighted by molar-refractivity contribution is -0.0476. The maximum Gasteiger partial charge on any atom is 0.239 e. The van der Waals surface area contributed by atoms with E-state index in [0.29, 0.717) is 12.5 Å². The largest absolute Gasteiger partial charge is 0.475 e. The van der Waals surface area contributed by atoms with Gasteiger partial charge >= 0.3 is 0 Å². The Bertz CT molecular complexity index is 517. The average Bonchev–Trinajstić information content (AvgIpc) is 2.36. The first-order valence-electron chi connectivity index (χ1n) is 5.93. The molecule has 0 bridgehead atoms. The van der Waals surface area contributed by atoms with Gasteiger partial charge in [-0.15, -0.1) is 0 Å². The minimum absolute atomic E-state index is 0.0379. The molecule has 2 unspecified atom stereocenters. The van der Waals surface area contributed by atoms with Crippen molar-refractivity contribution in [1.82, 2.24) is 10.3 Å². The summed E-state index contributed by atoms with van der Waals surface area (Å²) in [4.78, 5) is 3.85. The number of rotatable bonds is 4. The molecule has 1 fully saturated rings. The SMILES string of the molecule is CC1CNCC(COc2ccc(S(N)(=O)=O)cn2)O1. The molecule has 1 aliphatic heterocycles. The van der Waals surface area contributed by atoms with Crippen LogP contribution in [0.1, 0.15) is 6.92 Å². The summed E-state index contributed by atoms with van der Waals surface area (Å²) in [5, 5.41) is 8.20. The average molecular weight is 287 g/mol.